The van der Waals surface area contributed by atoms with Gasteiger partial charge in [0.1, 0.15) is 0 Å². The third-order valence-corrected chi connectivity index (χ3v) is 2.09. The SMILES string of the molecule is COCC(NN)C1CCOC1. The van der Waals surface area contributed by atoms with Crippen LogP contribution in [0.2, 0.25) is 0 Å². The molecule has 3 N–H and O–H groups in total. The lowest BCUT2D eigenvalue weighted by Crippen LogP contribution is -2.44. The Bertz CT molecular complexity index is 105. The molecule has 0 saturated carbocycles. The maximum atomic E-state index is 5.35. The Kier molecular flexibility index (Phi) is 3.79. The van der Waals surface area contributed by atoms with Crippen LogP contribution in [-0.4, -0.2) is 33.0 Å². The third-order valence-electron chi connectivity index (χ3n) is 2.09. The summed E-state index contributed by atoms with van der Waals surface area (Å²) in [5, 5.41) is 0. The maximum Gasteiger partial charge on any atom is 0.0632 e. The van der Waals surface area contributed by atoms with Crippen molar-refractivity contribution < 1.29 is 9.47 Å². The van der Waals surface area contributed by atoms with E-state index < -0.39 is 0 Å². The summed E-state index contributed by atoms with van der Waals surface area (Å²) in [6.45, 7) is 2.31. The van der Waals surface area contributed by atoms with E-state index in [0.29, 0.717) is 12.5 Å². The molecule has 1 rings (SSSR count). The topological polar surface area (TPSA) is 56.5 Å². The highest BCUT2D eigenvalue weighted by molar-refractivity contribution is 4.77. The first-order valence-corrected chi connectivity index (χ1v) is 3.91. The van der Waals surface area contributed by atoms with Crippen LogP contribution >= 0.6 is 0 Å². The van der Waals surface area contributed by atoms with Crippen molar-refractivity contribution in [3.05, 3.63) is 0 Å². The first-order valence-electron chi connectivity index (χ1n) is 3.91. The van der Waals surface area contributed by atoms with Crippen molar-refractivity contribution in [3.8, 4) is 0 Å². The number of hydrogen-bond acceptors (Lipinski definition) is 4. The number of hydrazine groups is 1. The minimum Gasteiger partial charge on any atom is -0.383 e. The van der Waals surface area contributed by atoms with Gasteiger partial charge in [0.2, 0.25) is 0 Å². The van der Waals surface area contributed by atoms with Crippen LogP contribution in [0.5, 0.6) is 0 Å². The average molecular weight is 160 g/mol. The van der Waals surface area contributed by atoms with Crippen molar-refractivity contribution >= 4 is 0 Å². The molecule has 0 radical (unpaired) electrons. The monoisotopic (exact) mass is 160 g/mol. The Morgan fingerprint density at radius 3 is 3.09 bits per heavy atom. The predicted molar refractivity (Wildman–Crippen MR) is 41.9 cm³/mol. The van der Waals surface area contributed by atoms with E-state index in [0.717, 1.165) is 19.6 Å². The van der Waals surface area contributed by atoms with Gasteiger partial charge in [0.25, 0.3) is 0 Å². The van der Waals surface area contributed by atoms with Crippen LogP contribution in [0.3, 0.4) is 0 Å². The van der Waals surface area contributed by atoms with Crippen LogP contribution in [0.25, 0.3) is 0 Å². The van der Waals surface area contributed by atoms with Gasteiger partial charge in [-0.15, -0.1) is 0 Å². The van der Waals surface area contributed by atoms with Gasteiger partial charge in [0.05, 0.1) is 13.2 Å². The average Bonchev–Trinajstić information content (AvgIpc) is 2.52. The first-order chi connectivity index (χ1) is 5.38. The maximum absolute atomic E-state index is 5.35. The van der Waals surface area contributed by atoms with E-state index in [-0.39, 0.29) is 6.04 Å². The standard InChI is InChI=1S/C7H16N2O2/c1-10-5-7(9-8)6-2-3-11-4-6/h6-7,9H,2-5,8H2,1H3. The highest BCUT2D eigenvalue weighted by atomic mass is 16.5. The van der Waals surface area contributed by atoms with Gasteiger partial charge in [0, 0.05) is 25.7 Å². The number of methoxy groups -OCH3 is 1. The molecule has 0 aromatic heterocycles. The van der Waals surface area contributed by atoms with Crippen LogP contribution in [-0.2, 0) is 9.47 Å². The molecule has 0 amide bonds. The molecule has 4 nitrogen and oxygen atoms in total. The molecule has 0 aromatic carbocycles. The number of rotatable bonds is 4. The van der Waals surface area contributed by atoms with E-state index in [1.54, 1.807) is 7.11 Å². The lowest BCUT2D eigenvalue weighted by Gasteiger charge is -2.19. The van der Waals surface area contributed by atoms with E-state index in [2.05, 4.69) is 5.43 Å². The Balaban J connectivity index is 2.27. The largest absolute Gasteiger partial charge is 0.383 e. The second-order valence-corrected chi connectivity index (χ2v) is 2.85. The molecular weight excluding hydrogens is 144 g/mol. The summed E-state index contributed by atoms with van der Waals surface area (Å²) in [7, 11) is 1.68. The van der Waals surface area contributed by atoms with Crippen molar-refractivity contribution in [1.82, 2.24) is 5.43 Å². The molecule has 1 fully saturated rings. The Morgan fingerprint density at radius 1 is 1.82 bits per heavy atom. The summed E-state index contributed by atoms with van der Waals surface area (Å²) in [6, 6.07) is 0.238. The van der Waals surface area contributed by atoms with Gasteiger partial charge in [-0.3, -0.25) is 11.3 Å². The fourth-order valence-corrected chi connectivity index (χ4v) is 1.37. The molecule has 4 heteroatoms. The van der Waals surface area contributed by atoms with Crippen LogP contribution in [0.15, 0.2) is 0 Å². The first kappa shape index (κ1) is 8.93. The normalized spacial score (nSPS) is 27.3. The molecule has 66 valence electrons. The fourth-order valence-electron chi connectivity index (χ4n) is 1.37. The van der Waals surface area contributed by atoms with E-state index >= 15 is 0 Å². The summed E-state index contributed by atoms with van der Waals surface area (Å²) in [5.41, 5.74) is 2.74. The molecule has 11 heavy (non-hydrogen) atoms. The summed E-state index contributed by atoms with van der Waals surface area (Å²) < 4.78 is 10.2. The Morgan fingerprint density at radius 2 is 2.64 bits per heavy atom. The van der Waals surface area contributed by atoms with Crippen LogP contribution in [0.1, 0.15) is 6.42 Å². The predicted octanol–water partition coefficient (Wildman–Crippen LogP) is -0.499. The summed E-state index contributed by atoms with van der Waals surface area (Å²) in [5.74, 6) is 5.87. The van der Waals surface area contributed by atoms with E-state index in [4.69, 9.17) is 15.3 Å². The lowest BCUT2D eigenvalue weighted by molar-refractivity contribution is 0.125. The van der Waals surface area contributed by atoms with Crippen molar-refractivity contribution in [2.75, 3.05) is 26.9 Å². The molecular formula is C7H16N2O2. The summed E-state index contributed by atoms with van der Waals surface area (Å²) in [6.07, 6.45) is 1.08. The van der Waals surface area contributed by atoms with Crippen molar-refractivity contribution in [3.63, 3.8) is 0 Å². The van der Waals surface area contributed by atoms with Gasteiger partial charge < -0.3 is 9.47 Å². The molecule has 1 heterocycles. The van der Waals surface area contributed by atoms with Gasteiger partial charge in [-0.05, 0) is 6.42 Å². The van der Waals surface area contributed by atoms with E-state index in [1.807, 2.05) is 0 Å². The zero-order valence-corrected chi connectivity index (χ0v) is 6.88. The van der Waals surface area contributed by atoms with Gasteiger partial charge >= 0.3 is 0 Å². The lowest BCUT2D eigenvalue weighted by atomic mass is 10.0. The van der Waals surface area contributed by atoms with Crippen molar-refractivity contribution in [1.29, 1.82) is 0 Å². The van der Waals surface area contributed by atoms with Gasteiger partial charge in [-0.2, -0.15) is 0 Å². The van der Waals surface area contributed by atoms with Crippen molar-refractivity contribution in [2.45, 2.75) is 12.5 Å². The number of nitrogens with two attached hydrogens (primary N) is 1. The second-order valence-electron chi connectivity index (χ2n) is 2.85. The molecule has 1 aliphatic heterocycles. The molecule has 0 spiro atoms. The molecule has 1 aliphatic rings. The Labute approximate surface area is 67.0 Å². The summed E-state index contributed by atoms with van der Waals surface area (Å²) >= 11 is 0. The Hall–Kier alpha value is -0.160. The quantitative estimate of drug-likeness (QED) is 0.430. The molecule has 0 aromatic rings. The van der Waals surface area contributed by atoms with Gasteiger partial charge in [0.15, 0.2) is 0 Å². The minimum absolute atomic E-state index is 0.238. The zero-order chi connectivity index (χ0) is 8.10. The number of nitrogens with one attached hydrogen (secondary N) is 1. The van der Waals surface area contributed by atoms with E-state index in [1.165, 1.54) is 0 Å². The molecule has 2 unspecified atom stereocenters. The van der Waals surface area contributed by atoms with Gasteiger partial charge in [-0.1, -0.05) is 0 Å². The second kappa shape index (κ2) is 4.66. The molecule has 0 aliphatic carbocycles. The summed E-state index contributed by atoms with van der Waals surface area (Å²) in [4.78, 5) is 0. The number of ether oxygens (including phenoxy) is 2. The van der Waals surface area contributed by atoms with Gasteiger partial charge in [-0.25, -0.2) is 0 Å². The van der Waals surface area contributed by atoms with Crippen molar-refractivity contribution in [2.24, 2.45) is 11.8 Å². The minimum atomic E-state index is 0.238. The molecule has 0 bridgehead atoms. The molecule has 1 saturated heterocycles. The highest BCUT2D eigenvalue weighted by Crippen LogP contribution is 2.16. The highest BCUT2D eigenvalue weighted by Gasteiger charge is 2.24. The zero-order valence-electron chi connectivity index (χ0n) is 6.88. The van der Waals surface area contributed by atoms with Crippen LogP contribution < -0.4 is 11.3 Å². The number of hydrogen-bond donors (Lipinski definition) is 2. The third kappa shape index (κ3) is 2.41. The van der Waals surface area contributed by atoms with Crippen LogP contribution in [0, 0.1) is 5.92 Å². The smallest absolute Gasteiger partial charge is 0.0632 e. The van der Waals surface area contributed by atoms with E-state index in [9.17, 15) is 0 Å². The fraction of sp³-hybridized carbons (Fsp3) is 1.00. The molecule has 2 atom stereocenters. The van der Waals surface area contributed by atoms with Crippen LogP contribution in [0.4, 0.5) is 0 Å².